The predicted octanol–water partition coefficient (Wildman–Crippen LogP) is 2.37. The Balaban J connectivity index is 2.33. The first-order valence-corrected chi connectivity index (χ1v) is 10.6. The van der Waals surface area contributed by atoms with Gasteiger partial charge in [0.25, 0.3) is 0 Å². The van der Waals surface area contributed by atoms with Crippen LogP contribution in [0.15, 0.2) is 22.3 Å². The number of anilines is 1. The largest absolute Gasteiger partial charge is 0.612 e. The van der Waals surface area contributed by atoms with Crippen LogP contribution in [0.3, 0.4) is 0 Å². The van der Waals surface area contributed by atoms with Gasteiger partial charge in [0.1, 0.15) is 23.8 Å². The van der Waals surface area contributed by atoms with Gasteiger partial charge in [0.2, 0.25) is 5.28 Å². The molecule has 9 nitrogen and oxygen atoms in total. The van der Waals surface area contributed by atoms with Crippen LogP contribution in [0.25, 0.3) is 0 Å². The molecule has 0 fully saturated rings. The average Bonchev–Trinajstić information content (AvgIpc) is 2.70. The maximum absolute atomic E-state index is 13.2. The fourth-order valence-electron chi connectivity index (χ4n) is 2.28. The Morgan fingerprint density at radius 1 is 1.39 bits per heavy atom. The van der Waals surface area contributed by atoms with Crippen LogP contribution in [-0.4, -0.2) is 62.1 Å². The molecule has 2 heterocycles. The Morgan fingerprint density at radius 2 is 2.00 bits per heavy atom. The van der Waals surface area contributed by atoms with Gasteiger partial charge >= 0.3 is 6.18 Å². The summed E-state index contributed by atoms with van der Waals surface area (Å²) in [4.78, 5) is 32.7. The highest BCUT2D eigenvalue weighted by Crippen LogP contribution is 2.34. The number of amidine groups is 1. The zero-order chi connectivity index (χ0) is 23.3. The van der Waals surface area contributed by atoms with Crippen LogP contribution in [-0.2, 0) is 22.5 Å². The Morgan fingerprint density at radius 3 is 2.52 bits per heavy atom. The van der Waals surface area contributed by atoms with Gasteiger partial charge in [0.15, 0.2) is 22.8 Å². The average molecular weight is 478 g/mol. The molecule has 0 bridgehead atoms. The highest BCUT2D eigenvalue weighted by Gasteiger charge is 2.40. The summed E-state index contributed by atoms with van der Waals surface area (Å²) in [6.45, 7) is 2.44. The van der Waals surface area contributed by atoms with E-state index in [2.05, 4.69) is 30.2 Å². The van der Waals surface area contributed by atoms with Crippen molar-refractivity contribution in [2.45, 2.75) is 37.5 Å². The van der Waals surface area contributed by atoms with Crippen molar-refractivity contribution >= 4 is 46.4 Å². The van der Waals surface area contributed by atoms with Gasteiger partial charge in [-0.1, -0.05) is 0 Å². The molecule has 0 saturated carbocycles. The second-order valence-corrected chi connectivity index (χ2v) is 8.05. The normalized spacial score (nSPS) is 14.2. The van der Waals surface area contributed by atoms with Crippen LogP contribution >= 0.6 is 11.6 Å². The number of halogens is 4. The number of aliphatic imine (C=N–C) groups is 1. The van der Waals surface area contributed by atoms with E-state index in [0.29, 0.717) is 11.2 Å². The molecule has 0 aliphatic heterocycles. The zero-order valence-electron chi connectivity index (χ0n) is 16.9. The molecule has 168 valence electrons. The molecule has 0 aromatic carbocycles. The second kappa shape index (κ2) is 10.2. The number of nitrogens with zero attached hydrogens (tertiary/aromatic N) is 6. The van der Waals surface area contributed by atoms with Crippen molar-refractivity contribution in [1.82, 2.24) is 25.3 Å². The summed E-state index contributed by atoms with van der Waals surface area (Å²) in [6, 6.07) is -1.89. The fourth-order valence-corrected chi connectivity index (χ4v) is 2.89. The van der Waals surface area contributed by atoms with Crippen LogP contribution in [0, 0.1) is 6.92 Å². The summed E-state index contributed by atoms with van der Waals surface area (Å²) in [7, 11) is 1.19. The Labute approximate surface area is 184 Å². The highest BCUT2D eigenvalue weighted by atomic mass is 35.5. The number of rotatable bonds is 7. The van der Waals surface area contributed by atoms with Crippen molar-refractivity contribution in [3.8, 4) is 0 Å². The van der Waals surface area contributed by atoms with Crippen LogP contribution in [0.5, 0.6) is 0 Å². The van der Waals surface area contributed by atoms with E-state index < -0.39 is 23.4 Å². The molecule has 2 aromatic heterocycles. The lowest BCUT2D eigenvalue weighted by molar-refractivity contribution is -0.144. The number of nitrogens with one attached hydrogen (secondary N) is 1. The smallest absolute Gasteiger partial charge is 0.408 e. The van der Waals surface area contributed by atoms with Crippen molar-refractivity contribution in [3.63, 3.8) is 0 Å². The third-order valence-electron chi connectivity index (χ3n) is 4.19. The number of alkyl halides is 3. The summed E-state index contributed by atoms with van der Waals surface area (Å²) >= 11 is 4.59. The van der Waals surface area contributed by atoms with Gasteiger partial charge in [-0.25, -0.2) is 19.9 Å². The molecule has 31 heavy (non-hydrogen) atoms. The topological polar surface area (TPSA) is 119 Å². The van der Waals surface area contributed by atoms with Gasteiger partial charge in [0, 0.05) is 7.05 Å². The molecule has 0 aliphatic carbocycles. The zero-order valence-corrected chi connectivity index (χ0v) is 18.5. The van der Waals surface area contributed by atoms with Gasteiger partial charge in [-0.05, 0) is 36.6 Å². The van der Waals surface area contributed by atoms with E-state index in [-0.39, 0.29) is 40.7 Å². The Bertz CT molecular complexity index is 958. The minimum Gasteiger partial charge on any atom is -0.612 e. The van der Waals surface area contributed by atoms with E-state index >= 15 is 0 Å². The standard InChI is InChI=1S/C17H19ClF3N7O2S/c1-9-14(15(27-16(18)25-9)28(3)10(2)17(19,20)21)26-13(8-29)24-7-12-22-5-11(6-23-12)31(4)30/h5-6,8,10H,7H2,1-4H3,(H,24,26). The maximum Gasteiger partial charge on any atom is 0.408 e. The van der Waals surface area contributed by atoms with Gasteiger partial charge < -0.3 is 14.8 Å². The molecule has 2 aromatic rings. The molecule has 0 aliphatic rings. The molecule has 2 atom stereocenters. The first-order chi connectivity index (χ1) is 14.4. The lowest BCUT2D eigenvalue weighted by atomic mass is 10.2. The molecular formula is C17H19ClF3N7O2S. The molecule has 2 rings (SSSR count). The lowest BCUT2D eigenvalue weighted by Gasteiger charge is -2.28. The molecule has 2 unspecified atom stereocenters. The number of hydrogen-bond donors (Lipinski definition) is 1. The summed E-state index contributed by atoms with van der Waals surface area (Å²) in [5.74, 6) is -0.0968. The first-order valence-electron chi connectivity index (χ1n) is 8.69. The van der Waals surface area contributed by atoms with E-state index in [4.69, 9.17) is 11.6 Å². The number of carbonyl (C=O) groups is 1. The van der Waals surface area contributed by atoms with Crippen molar-refractivity contribution in [2.75, 3.05) is 18.2 Å². The minimum absolute atomic E-state index is 0.00811. The Kier molecular flexibility index (Phi) is 8.14. The van der Waals surface area contributed by atoms with Crippen molar-refractivity contribution < 1.29 is 22.5 Å². The molecule has 14 heteroatoms. The van der Waals surface area contributed by atoms with Crippen LogP contribution in [0.2, 0.25) is 5.28 Å². The number of hydrogen-bond acceptors (Lipinski definition) is 8. The molecule has 0 saturated heterocycles. The van der Waals surface area contributed by atoms with Crippen molar-refractivity contribution in [2.24, 2.45) is 4.99 Å². The number of aldehydes is 1. The minimum atomic E-state index is -4.53. The monoisotopic (exact) mass is 477 g/mol. The van der Waals surface area contributed by atoms with Crippen molar-refractivity contribution in [1.29, 1.82) is 0 Å². The second-order valence-electron chi connectivity index (χ2n) is 6.34. The van der Waals surface area contributed by atoms with Gasteiger partial charge in [-0.15, -0.1) is 0 Å². The van der Waals surface area contributed by atoms with Gasteiger partial charge in [-0.3, -0.25) is 4.79 Å². The van der Waals surface area contributed by atoms with Gasteiger partial charge in [-0.2, -0.15) is 18.2 Å². The summed E-state index contributed by atoms with van der Waals surface area (Å²) in [6.07, 6.45) is 0.124. The number of carbonyl (C=O) groups excluding carboxylic acids is 1. The van der Waals surface area contributed by atoms with E-state index in [1.807, 2.05) is 0 Å². The molecule has 0 spiro atoms. The van der Waals surface area contributed by atoms with Crippen LogP contribution < -0.4 is 10.2 Å². The first kappa shape index (κ1) is 24.8. The Hall–Kier alpha value is -2.51. The van der Waals surface area contributed by atoms with E-state index in [0.717, 1.165) is 11.8 Å². The van der Waals surface area contributed by atoms with E-state index in [9.17, 15) is 22.5 Å². The summed E-state index contributed by atoms with van der Waals surface area (Å²) in [5, 5.41) is 2.45. The molecule has 0 amide bonds. The number of aryl methyl sites for hydroxylation is 1. The third-order valence-corrected chi connectivity index (χ3v) is 5.23. The fraction of sp³-hybridized carbons (Fsp3) is 0.412. The van der Waals surface area contributed by atoms with Gasteiger partial charge in [0.05, 0.1) is 24.6 Å². The number of aromatic nitrogens is 4. The molecule has 1 N–H and O–H groups in total. The van der Waals surface area contributed by atoms with E-state index in [1.165, 1.54) is 32.6 Å². The molecular weight excluding hydrogens is 459 g/mol. The quantitative estimate of drug-likeness (QED) is 0.212. The maximum atomic E-state index is 13.2. The van der Waals surface area contributed by atoms with E-state index in [1.54, 1.807) is 0 Å². The summed E-state index contributed by atoms with van der Waals surface area (Å²) < 4.78 is 50.9. The van der Waals surface area contributed by atoms with Crippen LogP contribution in [0.1, 0.15) is 18.4 Å². The third kappa shape index (κ3) is 6.48. The SMILES string of the molecule is Cc1nc(Cl)nc(N(C)C(C)C(F)(F)F)c1/N=C(\C=O)NCc1ncc([S+](C)[O-])cn1. The molecule has 0 radical (unpaired) electrons. The van der Waals surface area contributed by atoms with Crippen LogP contribution in [0.4, 0.5) is 24.7 Å². The summed E-state index contributed by atoms with van der Waals surface area (Å²) in [5.41, 5.74) is 0.138. The van der Waals surface area contributed by atoms with Crippen molar-refractivity contribution in [3.05, 3.63) is 29.2 Å². The highest BCUT2D eigenvalue weighted by molar-refractivity contribution is 7.90. The predicted molar refractivity (Wildman–Crippen MR) is 110 cm³/mol. The lowest BCUT2D eigenvalue weighted by Crippen LogP contribution is -2.41.